The highest BCUT2D eigenvalue weighted by Crippen LogP contribution is 2.40. The molecule has 1 heterocycles. The van der Waals surface area contributed by atoms with E-state index in [2.05, 4.69) is 10.6 Å². The lowest BCUT2D eigenvalue weighted by atomic mass is 9.84. The largest absolute Gasteiger partial charge is 0.480 e. The number of ether oxygens (including phenoxy) is 1. The zero-order valence-corrected chi connectivity index (χ0v) is 23.1. The zero-order valence-electron chi connectivity index (χ0n) is 22.3. The Hall–Kier alpha value is -3.32. The molecule has 1 saturated heterocycles. The number of fused-ring (bicyclic) bond motifs is 1. The molecule has 1 aliphatic carbocycles. The first-order valence-corrected chi connectivity index (χ1v) is 14.7. The van der Waals surface area contributed by atoms with Crippen LogP contribution in [0.4, 0.5) is 4.79 Å². The van der Waals surface area contributed by atoms with Crippen molar-refractivity contribution in [2.75, 3.05) is 18.1 Å². The number of carbonyl (C=O) groups excluding carboxylic acids is 3. The van der Waals surface area contributed by atoms with Gasteiger partial charge in [0.15, 0.2) is 0 Å². The Morgan fingerprint density at radius 3 is 2.45 bits per heavy atom. The molecule has 220 valence electrons. The van der Waals surface area contributed by atoms with Crippen LogP contribution >= 0.6 is 11.8 Å². The number of likely N-dealkylation sites (tertiary alicyclic amines) is 1. The Labute approximate surface area is 237 Å². The van der Waals surface area contributed by atoms with E-state index >= 15 is 0 Å². The number of benzene rings is 1. The molecule has 6 N–H and O–H groups in total. The van der Waals surface area contributed by atoms with Gasteiger partial charge < -0.3 is 36.2 Å². The van der Waals surface area contributed by atoms with E-state index in [0.717, 1.165) is 31.2 Å². The monoisotopic (exact) mass is 578 g/mol. The highest BCUT2D eigenvalue weighted by molar-refractivity contribution is 7.99. The number of nitrogens with one attached hydrogen (secondary N) is 2. The van der Waals surface area contributed by atoms with Crippen molar-refractivity contribution >= 4 is 41.6 Å². The summed E-state index contributed by atoms with van der Waals surface area (Å²) in [6.45, 7) is 0.347. The number of carboxylic acids is 2. The fraction of sp³-hybridized carbons (Fsp3) is 0.593. The van der Waals surface area contributed by atoms with E-state index in [1.165, 1.54) is 16.7 Å². The fourth-order valence-corrected chi connectivity index (χ4v) is 6.14. The minimum absolute atomic E-state index is 0.00743. The highest BCUT2D eigenvalue weighted by Gasteiger charge is 2.47. The number of aliphatic carboxylic acids is 2. The van der Waals surface area contributed by atoms with Gasteiger partial charge in [-0.1, -0.05) is 43.2 Å². The molecule has 2 aliphatic rings. The summed E-state index contributed by atoms with van der Waals surface area (Å²) >= 11 is 1.31. The molecule has 5 atom stereocenters. The van der Waals surface area contributed by atoms with Gasteiger partial charge in [-0.15, -0.1) is 0 Å². The van der Waals surface area contributed by atoms with Crippen molar-refractivity contribution in [1.82, 2.24) is 15.5 Å². The standard InChI is InChI=1S/C27H38N4O8S/c28-12-13-40-16-20(30-27(38)39-15-17-6-2-1-3-7-17)24(33)29-19(25(34)35)10-11-23(32)31-21-9-5-4-8-18(21)14-22(31)26(36)37/h1-3,6-7,18-22H,4-5,8-16,28H2,(H,29,33)(H,30,38)(H,34,35)(H,36,37)/t18-,19+,20-,21-,22-/m0/s1. The van der Waals surface area contributed by atoms with Crippen molar-refractivity contribution in [3.05, 3.63) is 35.9 Å². The number of nitrogens with zero attached hydrogens (tertiary/aromatic N) is 1. The first kappa shape index (κ1) is 31.2. The number of carbonyl (C=O) groups is 5. The molecule has 0 bridgehead atoms. The fourth-order valence-electron chi connectivity index (χ4n) is 5.34. The predicted molar refractivity (Wildman–Crippen MR) is 147 cm³/mol. The molecule has 2 fully saturated rings. The molecule has 1 aliphatic heterocycles. The average molecular weight is 579 g/mol. The van der Waals surface area contributed by atoms with E-state index < -0.39 is 48.0 Å². The smallest absolute Gasteiger partial charge is 0.408 e. The highest BCUT2D eigenvalue weighted by atomic mass is 32.2. The Kier molecular flexibility index (Phi) is 12.1. The van der Waals surface area contributed by atoms with Crippen molar-refractivity contribution in [3.63, 3.8) is 0 Å². The van der Waals surface area contributed by atoms with Gasteiger partial charge in [-0.2, -0.15) is 11.8 Å². The maximum Gasteiger partial charge on any atom is 0.408 e. The number of nitrogens with two attached hydrogens (primary N) is 1. The number of carboxylic acid groups (broad SMARTS) is 2. The number of hydrogen-bond acceptors (Lipinski definition) is 8. The number of amides is 3. The predicted octanol–water partition coefficient (Wildman–Crippen LogP) is 1.57. The SMILES string of the molecule is NCCSC[C@H](NC(=O)OCc1ccccc1)C(=O)N[C@H](CCC(=O)N1[C@H](C(=O)O)C[C@@H]2CCCC[C@@H]21)C(=O)O. The van der Waals surface area contributed by atoms with E-state index in [1.807, 2.05) is 6.07 Å². The normalized spacial score (nSPS) is 21.5. The molecular formula is C27H38N4O8S. The van der Waals surface area contributed by atoms with Crippen molar-refractivity contribution in [1.29, 1.82) is 0 Å². The van der Waals surface area contributed by atoms with Gasteiger partial charge in [0.2, 0.25) is 11.8 Å². The third kappa shape index (κ3) is 8.85. The number of rotatable bonds is 14. The second kappa shape index (κ2) is 15.5. The molecular weight excluding hydrogens is 540 g/mol. The van der Waals surface area contributed by atoms with Crippen LogP contribution in [0.25, 0.3) is 0 Å². The van der Waals surface area contributed by atoms with E-state index in [1.54, 1.807) is 24.3 Å². The molecule has 1 saturated carbocycles. The molecule has 40 heavy (non-hydrogen) atoms. The summed E-state index contributed by atoms with van der Waals surface area (Å²) in [7, 11) is 0. The van der Waals surface area contributed by atoms with Gasteiger partial charge in [0, 0.05) is 30.5 Å². The van der Waals surface area contributed by atoms with Crippen LogP contribution in [0.2, 0.25) is 0 Å². The maximum atomic E-state index is 13.1. The van der Waals surface area contributed by atoms with Gasteiger partial charge in [0.1, 0.15) is 24.7 Å². The van der Waals surface area contributed by atoms with Crippen LogP contribution in [0.15, 0.2) is 30.3 Å². The van der Waals surface area contributed by atoms with Gasteiger partial charge in [-0.05, 0) is 37.2 Å². The number of hydrogen-bond donors (Lipinski definition) is 5. The van der Waals surface area contributed by atoms with Crippen LogP contribution < -0.4 is 16.4 Å². The molecule has 1 aromatic rings. The Balaban J connectivity index is 1.59. The first-order valence-electron chi connectivity index (χ1n) is 13.5. The lowest BCUT2D eigenvalue weighted by molar-refractivity contribution is -0.150. The summed E-state index contributed by atoms with van der Waals surface area (Å²) in [4.78, 5) is 63.8. The molecule has 0 unspecified atom stereocenters. The van der Waals surface area contributed by atoms with Gasteiger partial charge >= 0.3 is 18.0 Å². The van der Waals surface area contributed by atoms with Gasteiger partial charge in [0.25, 0.3) is 0 Å². The molecule has 3 amide bonds. The van der Waals surface area contributed by atoms with Gasteiger partial charge in [0.05, 0.1) is 0 Å². The van der Waals surface area contributed by atoms with E-state index in [0.29, 0.717) is 18.7 Å². The second-order valence-electron chi connectivity index (χ2n) is 10.1. The van der Waals surface area contributed by atoms with Gasteiger partial charge in [-0.3, -0.25) is 9.59 Å². The van der Waals surface area contributed by atoms with Crippen LogP contribution in [0.3, 0.4) is 0 Å². The Bertz CT molecular complexity index is 1040. The minimum Gasteiger partial charge on any atom is -0.480 e. The van der Waals surface area contributed by atoms with Crippen molar-refractivity contribution in [2.45, 2.75) is 75.7 Å². The van der Waals surface area contributed by atoms with Crippen LogP contribution in [-0.4, -0.2) is 87.2 Å². The third-order valence-electron chi connectivity index (χ3n) is 7.29. The maximum absolute atomic E-state index is 13.1. The summed E-state index contributed by atoms with van der Waals surface area (Å²) < 4.78 is 5.20. The van der Waals surface area contributed by atoms with Crippen molar-refractivity contribution in [3.8, 4) is 0 Å². The summed E-state index contributed by atoms with van der Waals surface area (Å²) in [6.07, 6.45) is 2.62. The molecule has 12 nitrogen and oxygen atoms in total. The number of alkyl carbamates (subject to hydrolysis) is 1. The lowest BCUT2D eigenvalue weighted by Crippen LogP contribution is -2.53. The molecule has 13 heteroatoms. The molecule has 0 radical (unpaired) electrons. The van der Waals surface area contributed by atoms with Crippen molar-refractivity contribution < 1.29 is 38.9 Å². The quantitative estimate of drug-likeness (QED) is 0.203. The lowest BCUT2D eigenvalue weighted by Gasteiger charge is -2.33. The minimum atomic E-state index is -1.41. The summed E-state index contributed by atoms with van der Waals surface area (Å²) in [5.74, 6) is -2.79. The topological polar surface area (TPSA) is 188 Å². The molecule has 0 spiro atoms. The molecule has 0 aromatic heterocycles. The van der Waals surface area contributed by atoms with Crippen LogP contribution in [0.5, 0.6) is 0 Å². The van der Waals surface area contributed by atoms with Crippen LogP contribution in [-0.2, 0) is 30.5 Å². The molecule has 1 aromatic carbocycles. The van der Waals surface area contributed by atoms with E-state index in [4.69, 9.17) is 10.5 Å². The van der Waals surface area contributed by atoms with Crippen LogP contribution in [0.1, 0.15) is 50.5 Å². The van der Waals surface area contributed by atoms with E-state index in [9.17, 15) is 34.2 Å². The number of thioether (sulfide) groups is 1. The van der Waals surface area contributed by atoms with Crippen molar-refractivity contribution in [2.24, 2.45) is 11.7 Å². The Morgan fingerprint density at radius 1 is 1.05 bits per heavy atom. The van der Waals surface area contributed by atoms with E-state index in [-0.39, 0.29) is 37.2 Å². The van der Waals surface area contributed by atoms with Crippen LogP contribution in [0, 0.1) is 5.92 Å². The first-order chi connectivity index (χ1) is 19.2. The zero-order chi connectivity index (χ0) is 29.1. The Morgan fingerprint density at radius 2 is 1.77 bits per heavy atom. The molecule has 3 rings (SSSR count). The second-order valence-corrected chi connectivity index (χ2v) is 11.2. The summed E-state index contributed by atoms with van der Waals surface area (Å²) in [6, 6.07) is 5.39. The average Bonchev–Trinajstić information content (AvgIpc) is 3.34. The summed E-state index contributed by atoms with van der Waals surface area (Å²) in [5.41, 5.74) is 6.29. The summed E-state index contributed by atoms with van der Waals surface area (Å²) in [5, 5.41) is 24.3. The van der Waals surface area contributed by atoms with Gasteiger partial charge in [-0.25, -0.2) is 14.4 Å². The third-order valence-corrected chi connectivity index (χ3v) is 8.38.